The summed E-state index contributed by atoms with van der Waals surface area (Å²) in [6.07, 6.45) is 4.67. The maximum Gasteiger partial charge on any atom is 0.259 e. The number of amides is 1. The van der Waals surface area contributed by atoms with Crippen molar-refractivity contribution in [3.8, 4) is 5.75 Å². The third-order valence-electron chi connectivity index (χ3n) is 6.36. The SMILES string of the molecule is COc1c(Br)cc(Br)cc1C=Nc1sc2c(c1C(=O)Nc1ccc(Cl)cc1)CC[C@H](C(C)(C)C)C2. The summed E-state index contributed by atoms with van der Waals surface area (Å²) < 4.78 is 7.31. The number of hydrogen-bond donors (Lipinski definition) is 1. The second-order valence-corrected chi connectivity index (χ2v) is 13.0. The minimum atomic E-state index is -0.145. The van der Waals surface area contributed by atoms with Crippen LogP contribution in [0.4, 0.5) is 10.7 Å². The molecule has 0 aliphatic heterocycles. The summed E-state index contributed by atoms with van der Waals surface area (Å²) in [7, 11) is 1.63. The highest BCUT2D eigenvalue weighted by Gasteiger charge is 2.33. The second-order valence-electron chi connectivity index (χ2n) is 9.72. The van der Waals surface area contributed by atoms with Gasteiger partial charge in [-0.2, -0.15) is 0 Å². The molecule has 4 nitrogen and oxygen atoms in total. The number of benzene rings is 2. The van der Waals surface area contributed by atoms with Gasteiger partial charge in [0.2, 0.25) is 0 Å². The number of halogens is 3. The molecule has 1 heterocycles. The Morgan fingerprint density at radius 2 is 1.94 bits per heavy atom. The number of fused-ring (bicyclic) bond motifs is 1. The standard InChI is InChI=1S/C27H27Br2ClN2O2S/c1-27(2,3)16-5-10-20-22(12-16)35-26(23(20)25(33)32-19-8-6-18(30)7-9-19)31-14-15-11-17(28)13-21(29)24(15)34-4/h6-9,11,13-14,16H,5,10,12H2,1-4H3,(H,32,33)/t16-/m0/s1. The highest BCUT2D eigenvalue weighted by molar-refractivity contribution is 9.11. The molecule has 35 heavy (non-hydrogen) atoms. The molecule has 0 saturated heterocycles. The summed E-state index contributed by atoms with van der Waals surface area (Å²) in [4.78, 5) is 19.6. The number of methoxy groups -OCH3 is 1. The monoisotopic (exact) mass is 636 g/mol. The van der Waals surface area contributed by atoms with Crippen molar-refractivity contribution in [2.75, 3.05) is 12.4 Å². The number of hydrogen-bond acceptors (Lipinski definition) is 4. The summed E-state index contributed by atoms with van der Waals surface area (Å²) in [5.41, 5.74) is 3.52. The summed E-state index contributed by atoms with van der Waals surface area (Å²) in [6, 6.07) is 11.0. The largest absolute Gasteiger partial charge is 0.495 e. The molecule has 0 spiro atoms. The molecular formula is C27H27Br2ClN2O2S. The average Bonchev–Trinajstić information content (AvgIpc) is 3.16. The fraction of sp³-hybridized carbons (Fsp3) is 0.333. The molecule has 1 N–H and O–H groups in total. The molecule has 0 radical (unpaired) electrons. The first-order chi connectivity index (χ1) is 16.6. The van der Waals surface area contributed by atoms with Gasteiger partial charge in [0.05, 0.1) is 17.1 Å². The number of thiophene rings is 1. The quantitative estimate of drug-likeness (QED) is 0.284. The van der Waals surface area contributed by atoms with Gasteiger partial charge >= 0.3 is 0 Å². The summed E-state index contributed by atoms with van der Waals surface area (Å²) in [5, 5.41) is 4.38. The van der Waals surface area contributed by atoms with Crippen molar-refractivity contribution in [1.29, 1.82) is 0 Å². The second kappa shape index (κ2) is 10.8. The third-order valence-corrected chi connectivity index (χ3v) is 8.82. The molecule has 1 atom stereocenters. The van der Waals surface area contributed by atoms with Crippen molar-refractivity contribution in [2.24, 2.45) is 16.3 Å². The van der Waals surface area contributed by atoms with Gasteiger partial charge in [0.1, 0.15) is 10.8 Å². The molecular weight excluding hydrogens is 612 g/mol. The van der Waals surface area contributed by atoms with Crippen LogP contribution in [0, 0.1) is 11.3 Å². The fourth-order valence-electron chi connectivity index (χ4n) is 4.38. The number of rotatable bonds is 5. The first-order valence-electron chi connectivity index (χ1n) is 11.4. The van der Waals surface area contributed by atoms with E-state index in [0.29, 0.717) is 32.9 Å². The minimum absolute atomic E-state index is 0.145. The lowest BCUT2D eigenvalue weighted by Crippen LogP contribution is -2.27. The Bertz CT molecular complexity index is 1280. The average molecular weight is 639 g/mol. The maximum absolute atomic E-state index is 13.5. The third kappa shape index (κ3) is 6.01. The smallest absolute Gasteiger partial charge is 0.259 e. The Morgan fingerprint density at radius 1 is 1.23 bits per heavy atom. The van der Waals surface area contributed by atoms with Crippen LogP contribution >= 0.6 is 54.8 Å². The number of nitrogens with zero attached hydrogens (tertiary/aromatic N) is 1. The van der Waals surface area contributed by atoms with Gasteiger partial charge in [-0.25, -0.2) is 4.99 Å². The normalized spacial score (nSPS) is 15.8. The van der Waals surface area contributed by atoms with Gasteiger partial charge in [-0.15, -0.1) is 11.3 Å². The van der Waals surface area contributed by atoms with Gasteiger partial charge < -0.3 is 10.1 Å². The molecule has 8 heteroatoms. The van der Waals surface area contributed by atoms with Crippen molar-refractivity contribution in [3.05, 3.63) is 71.9 Å². The number of carbonyl (C=O) groups excluding carboxylic acids is 1. The summed E-state index contributed by atoms with van der Waals surface area (Å²) in [5.74, 6) is 1.12. The first kappa shape index (κ1) is 26.4. The Balaban J connectivity index is 1.75. The number of nitrogens with one attached hydrogen (secondary N) is 1. The molecule has 4 rings (SSSR count). The molecule has 1 aliphatic rings. The van der Waals surface area contributed by atoms with E-state index >= 15 is 0 Å². The molecule has 0 unspecified atom stereocenters. The van der Waals surface area contributed by atoms with Crippen LogP contribution in [0.5, 0.6) is 5.75 Å². The molecule has 3 aromatic rings. The predicted molar refractivity (Wildman–Crippen MR) is 154 cm³/mol. The molecule has 0 saturated carbocycles. The van der Waals surface area contributed by atoms with E-state index in [1.54, 1.807) is 36.8 Å². The van der Waals surface area contributed by atoms with Crippen molar-refractivity contribution in [1.82, 2.24) is 0 Å². The molecule has 0 bridgehead atoms. The lowest BCUT2D eigenvalue weighted by Gasteiger charge is -2.33. The Labute approximate surface area is 232 Å². The lowest BCUT2D eigenvalue weighted by atomic mass is 9.72. The zero-order chi connectivity index (χ0) is 25.3. The van der Waals surface area contributed by atoms with E-state index < -0.39 is 0 Å². The minimum Gasteiger partial charge on any atom is -0.495 e. The fourth-order valence-corrected chi connectivity index (χ4v) is 7.20. The molecule has 0 fully saturated rings. The van der Waals surface area contributed by atoms with Crippen molar-refractivity contribution in [3.63, 3.8) is 0 Å². The highest BCUT2D eigenvalue weighted by atomic mass is 79.9. The van der Waals surface area contributed by atoms with E-state index in [1.165, 1.54) is 4.88 Å². The summed E-state index contributed by atoms with van der Waals surface area (Å²) >= 11 is 14.7. The lowest BCUT2D eigenvalue weighted by molar-refractivity contribution is 0.102. The number of carbonyl (C=O) groups is 1. The van der Waals surface area contributed by atoms with Crippen molar-refractivity contribution in [2.45, 2.75) is 40.0 Å². The van der Waals surface area contributed by atoms with Crippen LogP contribution in [-0.2, 0) is 12.8 Å². The number of anilines is 1. The van der Waals surface area contributed by atoms with Crippen LogP contribution in [0.3, 0.4) is 0 Å². The number of ether oxygens (including phenoxy) is 1. The van der Waals surface area contributed by atoms with E-state index in [-0.39, 0.29) is 11.3 Å². The Hall–Kier alpha value is -1.67. The topological polar surface area (TPSA) is 50.7 Å². The van der Waals surface area contributed by atoms with Crippen LogP contribution in [0.25, 0.3) is 0 Å². The summed E-state index contributed by atoms with van der Waals surface area (Å²) in [6.45, 7) is 6.88. The molecule has 1 amide bonds. The van der Waals surface area contributed by atoms with Crippen LogP contribution in [-0.4, -0.2) is 19.2 Å². The zero-order valence-electron chi connectivity index (χ0n) is 20.0. The van der Waals surface area contributed by atoms with Gasteiger partial charge in [0.15, 0.2) is 0 Å². The Kier molecular flexibility index (Phi) is 8.11. The van der Waals surface area contributed by atoms with E-state index in [2.05, 4.69) is 57.9 Å². The van der Waals surface area contributed by atoms with Gasteiger partial charge in [0.25, 0.3) is 5.91 Å². The molecule has 1 aliphatic carbocycles. The number of aliphatic imine (C=N–C) groups is 1. The zero-order valence-corrected chi connectivity index (χ0v) is 24.8. The van der Waals surface area contributed by atoms with E-state index in [9.17, 15) is 4.79 Å². The molecule has 2 aromatic carbocycles. The van der Waals surface area contributed by atoms with E-state index in [1.807, 2.05) is 24.3 Å². The van der Waals surface area contributed by atoms with Gasteiger partial charge in [0, 0.05) is 31.8 Å². The molecule has 184 valence electrons. The van der Waals surface area contributed by atoms with Crippen LogP contribution in [0.15, 0.2) is 50.3 Å². The van der Waals surface area contributed by atoms with Crippen LogP contribution in [0.1, 0.15) is 53.6 Å². The van der Waals surface area contributed by atoms with Gasteiger partial charge in [-0.3, -0.25) is 4.79 Å². The maximum atomic E-state index is 13.5. The van der Waals surface area contributed by atoms with Gasteiger partial charge in [-0.05, 0) is 88.5 Å². The first-order valence-corrected chi connectivity index (χ1v) is 14.1. The van der Waals surface area contributed by atoms with E-state index in [0.717, 1.165) is 39.3 Å². The van der Waals surface area contributed by atoms with Crippen molar-refractivity contribution >= 4 is 77.6 Å². The molecule has 1 aromatic heterocycles. The van der Waals surface area contributed by atoms with Gasteiger partial charge in [-0.1, -0.05) is 48.3 Å². The predicted octanol–water partition coefficient (Wildman–Crippen LogP) is 9.09. The van der Waals surface area contributed by atoms with Crippen LogP contribution in [0.2, 0.25) is 5.02 Å². The highest BCUT2D eigenvalue weighted by Crippen LogP contribution is 2.45. The van der Waals surface area contributed by atoms with Crippen LogP contribution < -0.4 is 10.1 Å². The van der Waals surface area contributed by atoms with Crippen molar-refractivity contribution < 1.29 is 9.53 Å². The van der Waals surface area contributed by atoms with E-state index in [4.69, 9.17) is 21.3 Å². The Morgan fingerprint density at radius 3 is 2.60 bits per heavy atom.